The highest BCUT2D eigenvalue weighted by Gasteiger charge is 2.20. The number of alkyl halides is 1. The van der Waals surface area contributed by atoms with Gasteiger partial charge >= 0.3 is 0 Å². The Balaban J connectivity index is 2.26. The van der Waals surface area contributed by atoms with Crippen molar-refractivity contribution in [2.45, 2.75) is 32.2 Å². The fraction of sp³-hybridized carbons (Fsp3) is 1.00. The Morgan fingerprint density at radius 3 is 2.40 bits per heavy atom. The van der Waals surface area contributed by atoms with Crippen LogP contribution in [-0.2, 0) is 0 Å². The number of nitrogens with zero attached hydrogens (tertiary/aromatic N) is 1. The maximum absolute atomic E-state index is 12.5. The lowest BCUT2D eigenvalue weighted by atomic mass is 10.1. The Morgan fingerprint density at radius 1 is 1.50 bits per heavy atom. The highest BCUT2D eigenvalue weighted by atomic mass is 19.1. The number of aliphatic hydroxyl groups is 1. The molecule has 0 aromatic heterocycles. The molecule has 1 fully saturated rings. The minimum absolute atomic E-state index is 0.410. The topological polar surface area (TPSA) is 23.5 Å². The van der Waals surface area contributed by atoms with Gasteiger partial charge in [-0.05, 0) is 19.8 Å². The van der Waals surface area contributed by atoms with Crippen LogP contribution in [0.4, 0.5) is 4.39 Å². The molecule has 1 aliphatic rings. The average Bonchev–Trinajstić information content (AvgIpc) is 1.88. The maximum atomic E-state index is 12.5. The molecule has 0 aromatic carbocycles. The van der Waals surface area contributed by atoms with E-state index in [2.05, 4.69) is 0 Å². The van der Waals surface area contributed by atoms with Crippen molar-refractivity contribution in [2.75, 3.05) is 13.1 Å². The van der Waals surface area contributed by atoms with Crippen molar-refractivity contribution >= 4 is 0 Å². The van der Waals surface area contributed by atoms with Gasteiger partial charge in [0, 0.05) is 13.1 Å². The Hall–Kier alpha value is -0.150. The molecular formula is C7H14FNO. The number of piperidine rings is 1. The van der Waals surface area contributed by atoms with Crippen LogP contribution in [0.2, 0.25) is 0 Å². The average molecular weight is 147 g/mol. The third-order valence-electron chi connectivity index (χ3n) is 1.99. The second kappa shape index (κ2) is 3.30. The first-order valence-corrected chi connectivity index (χ1v) is 3.76. The summed E-state index contributed by atoms with van der Waals surface area (Å²) in [5.74, 6) is 0. The van der Waals surface area contributed by atoms with Gasteiger partial charge in [0.1, 0.15) is 12.4 Å². The van der Waals surface area contributed by atoms with Crippen molar-refractivity contribution in [1.29, 1.82) is 0 Å². The van der Waals surface area contributed by atoms with Crippen molar-refractivity contribution in [3.63, 3.8) is 0 Å². The summed E-state index contributed by atoms with van der Waals surface area (Å²) in [6.07, 6.45) is 0.0954. The molecule has 2 nitrogen and oxygen atoms in total. The molecule has 0 radical (unpaired) electrons. The monoisotopic (exact) mass is 147 g/mol. The van der Waals surface area contributed by atoms with E-state index < -0.39 is 12.4 Å². The van der Waals surface area contributed by atoms with Crippen LogP contribution in [0.1, 0.15) is 19.8 Å². The van der Waals surface area contributed by atoms with E-state index in [4.69, 9.17) is 5.11 Å². The normalized spacial score (nSPS) is 26.7. The lowest BCUT2D eigenvalue weighted by Crippen LogP contribution is -2.40. The highest BCUT2D eigenvalue weighted by Crippen LogP contribution is 2.14. The van der Waals surface area contributed by atoms with E-state index in [1.54, 1.807) is 6.92 Å². The summed E-state index contributed by atoms with van der Waals surface area (Å²) in [7, 11) is 0. The van der Waals surface area contributed by atoms with E-state index in [0.717, 1.165) is 0 Å². The molecule has 1 atom stereocenters. The van der Waals surface area contributed by atoms with E-state index in [0.29, 0.717) is 25.9 Å². The van der Waals surface area contributed by atoms with Gasteiger partial charge in [0.15, 0.2) is 0 Å². The second-order valence-electron chi connectivity index (χ2n) is 2.84. The van der Waals surface area contributed by atoms with E-state index in [-0.39, 0.29) is 0 Å². The summed E-state index contributed by atoms with van der Waals surface area (Å²) in [5, 5.41) is 9.07. The van der Waals surface area contributed by atoms with Crippen LogP contribution in [0, 0.1) is 0 Å². The molecule has 1 N–H and O–H groups in total. The highest BCUT2D eigenvalue weighted by molar-refractivity contribution is 4.71. The van der Waals surface area contributed by atoms with Crippen LogP contribution in [-0.4, -0.2) is 35.5 Å². The van der Waals surface area contributed by atoms with Gasteiger partial charge < -0.3 is 5.11 Å². The van der Waals surface area contributed by atoms with Crippen molar-refractivity contribution in [2.24, 2.45) is 0 Å². The molecule has 1 saturated heterocycles. The molecule has 0 aliphatic carbocycles. The Kier molecular flexibility index (Phi) is 2.63. The first-order chi connectivity index (χ1) is 4.70. The zero-order valence-corrected chi connectivity index (χ0v) is 6.26. The number of hydrogen-bond acceptors (Lipinski definition) is 2. The van der Waals surface area contributed by atoms with Gasteiger partial charge in [0.25, 0.3) is 0 Å². The Bertz CT molecular complexity index is 99.8. The zero-order valence-electron chi connectivity index (χ0n) is 6.26. The van der Waals surface area contributed by atoms with Crippen molar-refractivity contribution in [3.8, 4) is 0 Å². The van der Waals surface area contributed by atoms with Crippen molar-refractivity contribution < 1.29 is 9.50 Å². The molecule has 1 unspecified atom stereocenters. The standard InChI is InChI=1S/C7H14FNO/c1-6(10)9-4-2-7(8)3-5-9/h6-7,10H,2-5H2,1H3. The van der Waals surface area contributed by atoms with Crippen LogP contribution < -0.4 is 0 Å². The SMILES string of the molecule is CC(O)N1CCC(F)CC1. The van der Waals surface area contributed by atoms with Crippen LogP contribution in [0.15, 0.2) is 0 Å². The molecule has 60 valence electrons. The number of likely N-dealkylation sites (tertiary alicyclic amines) is 1. The van der Waals surface area contributed by atoms with E-state index in [1.807, 2.05) is 4.90 Å². The summed E-state index contributed by atoms with van der Waals surface area (Å²) < 4.78 is 12.5. The smallest absolute Gasteiger partial charge is 0.104 e. The molecule has 0 amide bonds. The van der Waals surface area contributed by atoms with Crippen molar-refractivity contribution in [1.82, 2.24) is 4.90 Å². The summed E-state index contributed by atoms with van der Waals surface area (Å²) in [6.45, 7) is 3.11. The number of rotatable bonds is 1. The Labute approximate surface area is 60.6 Å². The molecule has 1 heterocycles. The summed E-state index contributed by atoms with van der Waals surface area (Å²) in [6, 6.07) is 0. The molecule has 0 saturated carbocycles. The third kappa shape index (κ3) is 1.92. The predicted molar refractivity (Wildman–Crippen MR) is 37.4 cm³/mol. The number of aliphatic hydroxyl groups excluding tert-OH is 1. The van der Waals surface area contributed by atoms with E-state index in [9.17, 15) is 4.39 Å². The van der Waals surface area contributed by atoms with Crippen LogP contribution in [0.3, 0.4) is 0 Å². The molecule has 1 aliphatic heterocycles. The fourth-order valence-corrected chi connectivity index (χ4v) is 1.24. The van der Waals surface area contributed by atoms with Gasteiger partial charge in [-0.15, -0.1) is 0 Å². The first kappa shape index (κ1) is 7.95. The van der Waals surface area contributed by atoms with Gasteiger partial charge in [-0.2, -0.15) is 0 Å². The molecule has 3 heteroatoms. The molecule has 0 spiro atoms. The van der Waals surface area contributed by atoms with Gasteiger partial charge in [-0.3, -0.25) is 4.90 Å². The summed E-state index contributed by atoms with van der Waals surface area (Å²) in [4.78, 5) is 1.88. The number of hydrogen-bond donors (Lipinski definition) is 1. The van der Waals surface area contributed by atoms with Crippen LogP contribution in [0.5, 0.6) is 0 Å². The second-order valence-corrected chi connectivity index (χ2v) is 2.84. The zero-order chi connectivity index (χ0) is 7.56. The number of halogens is 1. The van der Waals surface area contributed by atoms with Crippen LogP contribution in [0.25, 0.3) is 0 Å². The lowest BCUT2D eigenvalue weighted by Gasteiger charge is -2.30. The molecule has 10 heavy (non-hydrogen) atoms. The quantitative estimate of drug-likeness (QED) is 0.592. The lowest BCUT2D eigenvalue weighted by molar-refractivity contribution is -0.00732. The van der Waals surface area contributed by atoms with Gasteiger partial charge in [0.2, 0.25) is 0 Å². The first-order valence-electron chi connectivity index (χ1n) is 3.76. The maximum Gasteiger partial charge on any atom is 0.104 e. The van der Waals surface area contributed by atoms with Gasteiger partial charge in [-0.25, -0.2) is 4.39 Å². The minimum atomic E-state index is -0.644. The summed E-state index contributed by atoms with van der Waals surface area (Å²) in [5.41, 5.74) is 0. The van der Waals surface area contributed by atoms with Gasteiger partial charge in [-0.1, -0.05) is 0 Å². The fourth-order valence-electron chi connectivity index (χ4n) is 1.24. The molecule has 1 rings (SSSR count). The van der Waals surface area contributed by atoms with Gasteiger partial charge in [0.05, 0.1) is 0 Å². The summed E-state index contributed by atoms with van der Waals surface area (Å²) >= 11 is 0. The van der Waals surface area contributed by atoms with Crippen molar-refractivity contribution in [3.05, 3.63) is 0 Å². The molecule has 0 aromatic rings. The Morgan fingerprint density at radius 2 is 2.00 bits per heavy atom. The molecular weight excluding hydrogens is 133 g/mol. The molecule has 0 bridgehead atoms. The largest absolute Gasteiger partial charge is 0.379 e. The van der Waals surface area contributed by atoms with Crippen LogP contribution >= 0.6 is 0 Å². The third-order valence-corrected chi connectivity index (χ3v) is 1.99. The minimum Gasteiger partial charge on any atom is -0.379 e. The van der Waals surface area contributed by atoms with E-state index >= 15 is 0 Å². The van der Waals surface area contributed by atoms with E-state index in [1.165, 1.54) is 0 Å². The predicted octanol–water partition coefficient (Wildman–Crippen LogP) is 0.759.